The first-order valence-corrected chi connectivity index (χ1v) is 15.8. The second kappa shape index (κ2) is 12.2. The zero-order chi connectivity index (χ0) is 35.8. The summed E-state index contributed by atoms with van der Waals surface area (Å²) in [6, 6.07) is 0.968. The van der Waals surface area contributed by atoms with Crippen LogP contribution in [-0.2, 0) is 0 Å². The van der Waals surface area contributed by atoms with Crippen LogP contribution < -0.4 is 42.6 Å². The van der Waals surface area contributed by atoms with Crippen molar-refractivity contribution in [1.82, 2.24) is 19.1 Å². The number of aromatic nitrogens is 4. The third-order valence-electron chi connectivity index (χ3n) is 9.57. The molecule has 1 saturated heterocycles. The fourth-order valence-corrected chi connectivity index (χ4v) is 6.72. The molecule has 0 amide bonds. The number of ether oxygens (including phenoxy) is 2. The van der Waals surface area contributed by atoms with Crippen LogP contribution in [-0.4, -0.2) is 51.0 Å². The van der Waals surface area contributed by atoms with Crippen molar-refractivity contribution in [3.05, 3.63) is 71.3 Å². The lowest BCUT2D eigenvalue weighted by molar-refractivity contribution is -0.0518. The molecule has 1 atom stereocenters. The van der Waals surface area contributed by atoms with Gasteiger partial charge in [-0.15, -0.1) is 0 Å². The Bertz CT molecular complexity index is 2260. The Balaban J connectivity index is 0.000000166. The Hall–Kier alpha value is -4.81. The smallest absolute Gasteiger partial charge is 0.387 e. The number of aromatic amines is 2. The van der Waals surface area contributed by atoms with Gasteiger partial charge in [-0.3, -0.25) is 28.7 Å². The lowest BCUT2D eigenvalue weighted by Gasteiger charge is -2.25. The summed E-state index contributed by atoms with van der Waals surface area (Å²) in [6.45, 7) is -5.81. The van der Waals surface area contributed by atoms with E-state index in [1.54, 1.807) is 4.90 Å². The molecule has 4 fully saturated rings. The van der Waals surface area contributed by atoms with Crippen LogP contribution in [0.2, 0.25) is 0 Å². The Morgan fingerprint density at radius 2 is 1.22 bits per heavy atom. The maximum atomic E-state index is 15.1. The number of halogens is 7. The fourth-order valence-electron chi connectivity index (χ4n) is 6.72. The zero-order valence-electron chi connectivity index (χ0n) is 25.9. The molecule has 0 radical (unpaired) electrons. The van der Waals surface area contributed by atoms with Crippen LogP contribution in [0.4, 0.5) is 36.4 Å². The summed E-state index contributed by atoms with van der Waals surface area (Å²) in [5.74, 6) is -5.46. The quantitative estimate of drug-likeness (QED) is 0.232. The fraction of sp³-hybridized carbons (Fsp3) is 0.484. The van der Waals surface area contributed by atoms with Crippen LogP contribution in [0.5, 0.6) is 11.5 Å². The lowest BCUT2D eigenvalue weighted by atomic mass is 9.97. The number of rotatable bonds is 8. The number of hydrogen-bond acceptors (Lipinski definition) is 8. The molecule has 4 aliphatic rings. The van der Waals surface area contributed by atoms with E-state index in [4.69, 9.17) is 10.5 Å². The Labute approximate surface area is 275 Å². The average molecular weight is 715 g/mol. The highest BCUT2D eigenvalue weighted by Crippen LogP contribution is 2.48. The largest absolute Gasteiger partial charge is 0.430 e. The van der Waals surface area contributed by atoms with Gasteiger partial charge in [0.15, 0.2) is 23.1 Å². The number of fused-ring (bicyclic) bond motifs is 2. The van der Waals surface area contributed by atoms with E-state index >= 15 is 4.39 Å². The molecule has 4 aromatic rings. The van der Waals surface area contributed by atoms with Crippen molar-refractivity contribution >= 4 is 27.5 Å². The van der Waals surface area contributed by atoms with Gasteiger partial charge in [-0.25, -0.2) is 18.4 Å². The van der Waals surface area contributed by atoms with Crippen molar-refractivity contribution < 1.29 is 40.2 Å². The maximum Gasteiger partial charge on any atom is 0.387 e. The number of nitrogens with two attached hydrogens (primary N) is 1. The van der Waals surface area contributed by atoms with E-state index in [0.717, 1.165) is 23.5 Å². The van der Waals surface area contributed by atoms with Crippen LogP contribution in [0.25, 0.3) is 21.8 Å². The first-order valence-electron chi connectivity index (χ1n) is 15.8. The maximum absolute atomic E-state index is 15.1. The van der Waals surface area contributed by atoms with E-state index in [-0.39, 0.29) is 40.1 Å². The molecule has 268 valence electrons. The third-order valence-corrected chi connectivity index (χ3v) is 9.57. The van der Waals surface area contributed by atoms with Crippen LogP contribution in [0, 0.1) is 23.4 Å². The minimum atomic E-state index is -3.42. The molecular weight excluding hydrogens is 685 g/mol. The van der Waals surface area contributed by atoms with Crippen molar-refractivity contribution in [3.63, 3.8) is 0 Å². The van der Waals surface area contributed by atoms with Crippen molar-refractivity contribution in [1.29, 1.82) is 0 Å². The normalized spacial score (nSPS) is 19.7. The van der Waals surface area contributed by atoms with E-state index in [0.29, 0.717) is 51.3 Å². The van der Waals surface area contributed by atoms with Gasteiger partial charge in [0, 0.05) is 30.7 Å². The molecule has 12 nitrogen and oxygen atoms in total. The summed E-state index contributed by atoms with van der Waals surface area (Å²) in [4.78, 5) is 54.0. The molecule has 2 aromatic carbocycles. The van der Waals surface area contributed by atoms with Crippen molar-refractivity contribution in [2.45, 2.75) is 75.8 Å². The Morgan fingerprint density at radius 1 is 0.740 bits per heavy atom. The Morgan fingerprint density at radius 3 is 1.70 bits per heavy atom. The predicted octanol–water partition coefficient (Wildman–Crippen LogP) is 3.99. The summed E-state index contributed by atoms with van der Waals surface area (Å²) in [7, 11) is 0. The summed E-state index contributed by atoms with van der Waals surface area (Å²) in [5, 5.41) is -0.599. The second-order valence-corrected chi connectivity index (χ2v) is 13.0. The number of alkyl halides is 4. The molecule has 3 aliphatic carbocycles. The third kappa shape index (κ3) is 6.00. The van der Waals surface area contributed by atoms with E-state index in [1.165, 1.54) is 4.57 Å². The summed E-state index contributed by atoms with van der Waals surface area (Å²) in [5.41, 5.74) is 1.94. The van der Waals surface area contributed by atoms with Gasteiger partial charge in [0.2, 0.25) is 5.82 Å². The second-order valence-electron chi connectivity index (χ2n) is 13.0. The molecule has 0 spiro atoms. The van der Waals surface area contributed by atoms with Gasteiger partial charge in [-0.05, 0) is 63.0 Å². The molecule has 2 aromatic heterocycles. The topological polar surface area (TPSA) is 157 Å². The SMILES string of the molecule is NC1([C@@H]2CCN(c3c(F)cc4c(=O)[nH]c(=O)n(C5CC5)c4c3OC(F)F)C2)CC1.O=c1[nH]c(=O)n(C2CC2)c2c(OC(F)F)c(F)c(F)cc12. The molecule has 0 unspecified atom stereocenters. The van der Waals surface area contributed by atoms with Crippen LogP contribution in [0.15, 0.2) is 31.3 Å². The van der Waals surface area contributed by atoms with Gasteiger partial charge in [0.05, 0.1) is 10.8 Å². The first-order chi connectivity index (χ1) is 23.7. The highest BCUT2D eigenvalue weighted by Gasteiger charge is 2.48. The molecule has 3 heterocycles. The molecule has 1 aliphatic heterocycles. The van der Waals surface area contributed by atoms with Gasteiger partial charge >= 0.3 is 24.6 Å². The molecule has 0 bridgehead atoms. The number of anilines is 1. The first kappa shape index (κ1) is 33.7. The zero-order valence-corrected chi connectivity index (χ0v) is 25.9. The predicted molar refractivity (Wildman–Crippen MR) is 164 cm³/mol. The number of benzene rings is 2. The molecular formula is C31H29F7N6O6. The van der Waals surface area contributed by atoms with Gasteiger partial charge in [-0.1, -0.05) is 0 Å². The van der Waals surface area contributed by atoms with E-state index in [9.17, 15) is 45.5 Å². The standard InChI is InChI=1S/C19H21F3N4O3.C12H8F4N2O3/c20-12-7-11-13(26(10-1-2-10)18(28)24-16(11)27)15(29-17(21)22)14(12)25-6-3-9(8-25)19(23)4-5-19;13-6-3-5-8(9(7(6)14)21-11(15)16)18(4-1-2-4)12(20)17-10(5)19/h7,9-10,17H,1-6,8,23H2,(H,24,27,28);3-4,11H,1-2H2,(H,17,19,20)/t9-;/m1./s1. The lowest BCUT2D eigenvalue weighted by Crippen LogP contribution is -2.35. The Kier molecular flexibility index (Phi) is 8.22. The van der Waals surface area contributed by atoms with Gasteiger partial charge in [0.25, 0.3) is 11.1 Å². The summed E-state index contributed by atoms with van der Waals surface area (Å²) < 4.78 is 105. The monoisotopic (exact) mass is 714 g/mol. The minimum Gasteiger partial charge on any atom is -0.430 e. The van der Waals surface area contributed by atoms with Crippen molar-refractivity contribution in [3.8, 4) is 11.5 Å². The molecule has 8 rings (SSSR count). The van der Waals surface area contributed by atoms with Crippen molar-refractivity contribution in [2.75, 3.05) is 18.0 Å². The molecule has 19 heteroatoms. The molecule has 50 heavy (non-hydrogen) atoms. The van der Waals surface area contributed by atoms with Crippen LogP contribution >= 0.6 is 0 Å². The van der Waals surface area contributed by atoms with Crippen LogP contribution in [0.3, 0.4) is 0 Å². The average Bonchev–Trinajstić information content (AvgIpc) is 3.95. The van der Waals surface area contributed by atoms with Gasteiger partial charge in [0.1, 0.15) is 16.7 Å². The van der Waals surface area contributed by atoms with E-state index in [2.05, 4.69) is 9.72 Å². The van der Waals surface area contributed by atoms with Gasteiger partial charge in [-0.2, -0.15) is 22.0 Å². The highest BCUT2D eigenvalue weighted by molar-refractivity contribution is 5.91. The number of nitrogens with zero attached hydrogens (tertiary/aromatic N) is 3. The van der Waals surface area contributed by atoms with E-state index < -0.39 is 75.6 Å². The number of nitrogens with one attached hydrogen (secondary N) is 2. The molecule has 4 N–H and O–H groups in total. The number of hydrogen-bond donors (Lipinski definition) is 3. The number of H-pyrrole nitrogens is 2. The van der Waals surface area contributed by atoms with Crippen molar-refractivity contribution in [2.24, 2.45) is 11.7 Å². The summed E-state index contributed by atoms with van der Waals surface area (Å²) in [6.07, 6.45) is 4.97. The highest BCUT2D eigenvalue weighted by atomic mass is 19.3. The minimum absolute atomic E-state index is 0.0738. The molecule has 3 saturated carbocycles. The van der Waals surface area contributed by atoms with E-state index in [1.807, 2.05) is 4.98 Å². The van der Waals surface area contributed by atoms with Crippen LogP contribution in [0.1, 0.15) is 57.0 Å². The summed E-state index contributed by atoms with van der Waals surface area (Å²) >= 11 is 0. The van der Waals surface area contributed by atoms with Gasteiger partial charge < -0.3 is 20.1 Å².